The molecule has 0 unspecified atom stereocenters. The van der Waals surface area contributed by atoms with Crippen LogP contribution in [0, 0.1) is 6.92 Å². The van der Waals surface area contributed by atoms with Crippen LogP contribution in [0.15, 0.2) is 58.9 Å². The topological polar surface area (TPSA) is 65.3 Å². The van der Waals surface area contributed by atoms with Crippen LogP contribution in [0.4, 0.5) is 5.69 Å². The van der Waals surface area contributed by atoms with E-state index in [1.807, 2.05) is 31.2 Å². The number of fused-ring (bicyclic) bond motifs is 1. The van der Waals surface area contributed by atoms with Gasteiger partial charge in [-0.25, -0.2) is 4.90 Å². The molecule has 6 nitrogen and oxygen atoms in total. The zero-order chi connectivity index (χ0) is 17.6. The average Bonchev–Trinajstić information content (AvgIpc) is 3.10. The summed E-state index contributed by atoms with van der Waals surface area (Å²) in [5.74, 6) is -0.664. The van der Waals surface area contributed by atoms with E-state index in [0.29, 0.717) is 17.3 Å². The third-order valence-corrected chi connectivity index (χ3v) is 4.62. The lowest BCUT2D eigenvalue weighted by Gasteiger charge is -2.20. The van der Waals surface area contributed by atoms with E-state index in [-0.39, 0.29) is 11.8 Å². The first-order valence-electron chi connectivity index (χ1n) is 7.91. The number of aryl methyl sites for hydroxylation is 1. The van der Waals surface area contributed by atoms with Gasteiger partial charge in [0, 0.05) is 5.02 Å². The van der Waals surface area contributed by atoms with Crippen LogP contribution in [0.3, 0.4) is 0 Å². The predicted molar refractivity (Wildman–Crippen MR) is 93.1 cm³/mol. The van der Waals surface area contributed by atoms with E-state index in [0.717, 1.165) is 11.1 Å². The van der Waals surface area contributed by atoms with Crippen molar-refractivity contribution in [2.75, 3.05) is 4.90 Å². The Morgan fingerprint density at radius 3 is 2.56 bits per heavy atom. The highest BCUT2D eigenvalue weighted by molar-refractivity contribution is 6.31. The SMILES string of the molecule is Cc1cccc(CN2N=N[C@H]3C(=O)N(c4ccc(Cl)cc4)C(=O)[C@H]32)c1. The van der Waals surface area contributed by atoms with E-state index >= 15 is 0 Å². The minimum atomic E-state index is -0.784. The molecule has 2 heterocycles. The molecule has 0 saturated carbocycles. The van der Waals surface area contributed by atoms with Gasteiger partial charge < -0.3 is 0 Å². The Hall–Kier alpha value is -2.73. The highest BCUT2D eigenvalue weighted by atomic mass is 35.5. The Morgan fingerprint density at radius 2 is 1.84 bits per heavy atom. The van der Waals surface area contributed by atoms with Crippen LogP contribution in [0.2, 0.25) is 5.02 Å². The van der Waals surface area contributed by atoms with Gasteiger partial charge in [-0.2, -0.15) is 5.11 Å². The number of nitrogens with zero attached hydrogens (tertiary/aromatic N) is 4. The number of hydrogen-bond acceptors (Lipinski definition) is 5. The van der Waals surface area contributed by atoms with Gasteiger partial charge in [-0.15, -0.1) is 0 Å². The van der Waals surface area contributed by atoms with Crippen molar-refractivity contribution in [3.05, 3.63) is 64.7 Å². The maximum Gasteiger partial charge on any atom is 0.263 e. The maximum absolute atomic E-state index is 12.9. The van der Waals surface area contributed by atoms with Gasteiger partial charge in [-0.1, -0.05) is 46.7 Å². The van der Waals surface area contributed by atoms with Gasteiger partial charge in [0.1, 0.15) is 0 Å². The first-order valence-corrected chi connectivity index (χ1v) is 8.29. The van der Waals surface area contributed by atoms with Gasteiger partial charge in [0.25, 0.3) is 11.8 Å². The molecule has 0 aliphatic carbocycles. The largest absolute Gasteiger partial charge is 0.271 e. The molecule has 2 aromatic rings. The number of rotatable bonds is 3. The zero-order valence-electron chi connectivity index (χ0n) is 13.5. The summed E-state index contributed by atoms with van der Waals surface area (Å²) in [4.78, 5) is 26.7. The quantitative estimate of drug-likeness (QED) is 0.795. The van der Waals surface area contributed by atoms with Crippen molar-refractivity contribution in [1.82, 2.24) is 5.01 Å². The second-order valence-corrected chi connectivity index (χ2v) is 6.61. The number of benzene rings is 2. The number of hydrogen-bond donors (Lipinski definition) is 0. The number of anilines is 1. The zero-order valence-corrected chi connectivity index (χ0v) is 14.2. The lowest BCUT2D eigenvalue weighted by molar-refractivity contribution is -0.123. The van der Waals surface area contributed by atoms with Crippen molar-refractivity contribution in [3.63, 3.8) is 0 Å². The third kappa shape index (κ3) is 2.68. The molecule has 0 spiro atoms. The normalized spacial score (nSPS) is 22.0. The van der Waals surface area contributed by atoms with E-state index in [1.165, 1.54) is 4.90 Å². The molecule has 1 fully saturated rings. The summed E-state index contributed by atoms with van der Waals surface area (Å²) in [5.41, 5.74) is 2.64. The summed E-state index contributed by atoms with van der Waals surface area (Å²) < 4.78 is 0. The Kier molecular flexibility index (Phi) is 3.77. The fourth-order valence-electron chi connectivity index (χ4n) is 3.20. The molecule has 0 bridgehead atoms. The molecule has 2 amide bonds. The van der Waals surface area contributed by atoms with Gasteiger partial charge in [0.2, 0.25) is 0 Å². The summed E-state index contributed by atoms with van der Waals surface area (Å²) >= 11 is 5.88. The van der Waals surface area contributed by atoms with Gasteiger partial charge in [0.15, 0.2) is 12.1 Å². The standard InChI is InChI=1S/C18H15ClN4O2/c1-11-3-2-4-12(9-11)10-22-16-15(20-21-22)17(24)23(18(16)25)14-7-5-13(19)6-8-14/h2-9,15-16H,10H2,1H3/t15-,16+/m1/s1. The van der Waals surface area contributed by atoms with Crippen LogP contribution in [0.5, 0.6) is 0 Å². The molecule has 126 valence electrons. The number of imide groups is 1. The summed E-state index contributed by atoms with van der Waals surface area (Å²) in [6, 6.07) is 13.1. The molecule has 2 aliphatic heterocycles. The monoisotopic (exact) mass is 354 g/mol. The molecule has 0 N–H and O–H groups in total. The fourth-order valence-corrected chi connectivity index (χ4v) is 3.32. The van der Waals surface area contributed by atoms with Crippen LogP contribution >= 0.6 is 11.6 Å². The molecule has 2 atom stereocenters. The van der Waals surface area contributed by atoms with Crippen molar-refractivity contribution in [2.24, 2.45) is 10.3 Å². The van der Waals surface area contributed by atoms with Crippen molar-refractivity contribution in [2.45, 2.75) is 25.6 Å². The average molecular weight is 355 g/mol. The van der Waals surface area contributed by atoms with E-state index in [9.17, 15) is 9.59 Å². The summed E-state index contributed by atoms with van der Waals surface area (Å²) in [5, 5.41) is 10.2. The van der Waals surface area contributed by atoms with E-state index in [2.05, 4.69) is 10.3 Å². The number of carbonyl (C=O) groups is 2. The smallest absolute Gasteiger partial charge is 0.263 e. The van der Waals surface area contributed by atoms with Crippen molar-refractivity contribution < 1.29 is 9.59 Å². The van der Waals surface area contributed by atoms with Crippen LogP contribution in [-0.4, -0.2) is 28.9 Å². The van der Waals surface area contributed by atoms with E-state index in [4.69, 9.17) is 11.6 Å². The molecule has 0 radical (unpaired) electrons. The summed E-state index contributed by atoms with van der Waals surface area (Å²) in [7, 11) is 0. The van der Waals surface area contributed by atoms with Crippen LogP contribution in [-0.2, 0) is 16.1 Å². The van der Waals surface area contributed by atoms with Crippen LogP contribution < -0.4 is 4.90 Å². The number of halogens is 1. The summed E-state index contributed by atoms with van der Waals surface area (Å²) in [6.07, 6.45) is 0. The molecule has 4 rings (SSSR count). The predicted octanol–water partition coefficient (Wildman–Crippen LogP) is 3.14. The Morgan fingerprint density at radius 1 is 1.08 bits per heavy atom. The molecule has 0 aromatic heterocycles. The second kappa shape index (κ2) is 5.97. The van der Waals surface area contributed by atoms with Crippen LogP contribution in [0.25, 0.3) is 0 Å². The number of amides is 2. The van der Waals surface area contributed by atoms with Gasteiger partial charge in [-0.3, -0.25) is 14.6 Å². The highest BCUT2D eigenvalue weighted by Gasteiger charge is 2.54. The fraction of sp³-hybridized carbons (Fsp3) is 0.222. The molecule has 7 heteroatoms. The first kappa shape index (κ1) is 15.8. The van der Waals surface area contributed by atoms with Gasteiger partial charge in [-0.05, 0) is 36.8 Å². The lowest BCUT2D eigenvalue weighted by Crippen LogP contribution is -2.39. The Balaban J connectivity index is 1.60. The van der Waals surface area contributed by atoms with E-state index < -0.39 is 12.1 Å². The summed E-state index contributed by atoms with van der Waals surface area (Å²) in [6.45, 7) is 2.43. The molecule has 25 heavy (non-hydrogen) atoms. The molecule has 2 aliphatic rings. The second-order valence-electron chi connectivity index (χ2n) is 6.17. The van der Waals surface area contributed by atoms with Crippen molar-refractivity contribution in [3.8, 4) is 0 Å². The maximum atomic E-state index is 12.9. The van der Waals surface area contributed by atoms with E-state index in [1.54, 1.807) is 29.3 Å². The van der Waals surface area contributed by atoms with Gasteiger partial charge in [0.05, 0.1) is 12.2 Å². The van der Waals surface area contributed by atoms with Crippen LogP contribution in [0.1, 0.15) is 11.1 Å². The third-order valence-electron chi connectivity index (χ3n) is 4.37. The van der Waals surface area contributed by atoms with Crippen molar-refractivity contribution >= 4 is 29.1 Å². The Bertz CT molecular complexity index is 881. The Labute approximate surface area is 149 Å². The van der Waals surface area contributed by atoms with Gasteiger partial charge >= 0.3 is 0 Å². The molecular formula is C18H15ClN4O2. The molecular weight excluding hydrogens is 340 g/mol. The minimum absolute atomic E-state index is 0.310. The lowest BCUT2D eigenvalue weighted by atomic mass is 10.1. The first-order chi connectivity index (χ1) is 12.0. The minimum Gasteiger partial charge on any atom is -0.271 e. The molecule has 1 saturated heterocycles. The molecule has 2 aromatic carbocycles. The number of carbonyl (C=O) groups excluding carboxylic acids is 2. The highest BCUT2D eigenvalue weighted by Crippen LogP contribution is 2.33. The van der Waals surface area contributed by atoms with Crippen molar-refractivity contribution in [1.29, 1.82) is 0 Å².